The van der Waals surface area contributed by atoms with E-state index < -0.39 is 23.4 Å². The Morgan fingerprint density at radius 1 is 1.36 bits per heavy atom. The molecule has 0 saturated heterocycles. The van der Waals surface area contributed by atoms with Gasteiger partial charge in [-0.3, -0.25) is 4.79 Å². The summed E-state index contributed by atoms with van der Waals surface area (Å²) in [5, 5.41) is 11.5. The van der Waals surface area contributed by atoms with Crippen molar-refractivity contribution in [1.29, 1.82) is 0 Å². The summed E-state index contributed by atoms with van der Waals surface area (Å²) in [6.45, 7) is 3.08. The molecule has 0 atom stereocenters. The van der Waals surface area contributed by atoms with Crippen LogP contribution in [0.1, 0.15) is 24.3 Å². The number of carbonyl (C=O) groups excluding carboxylic acids is 1. The van der Waals surface area contributed by atoms with Crippen molar-refractivity contribution < 1.29 is 23.8 Å². The number of pyridine rings is 1. The highest BCUT2D eigenvalue weighted by Gasteiger charge is 2.21. The summed E-state index contributed by atoms with van der Waals surface area (Å²) in [4.78, 5) is 26.5. The molecule has 2 aromatic rings. The molecule has 132 valence electrons. The highest BCUT2D eigenvalue weighted by molar-refractivity contribution is 6.36. The molecule has 1 heterocycles. The minimum atomic E-state index is -1.42. The molecule has 6 nitrogen and oxygen atoms in total. The third kappa shape index (κ3) is 4.00. The molecule has 2 rings (SSSR count). The van der Waals surface area contributed by atoms with Crippen LogP contribution in [-0.2, 0) is 4.79 Å². The van der Waals surface area contributed by atoms with Crippen molar-refractivity contribution in [3.05, 3.63) is 39.8 Å². The second-order valence-corrected chi connectivity index (χ2v) is 5.66. The third-order valence-electron chi connectivity index (χ3n) is 3.08. The van der Waals surface area contributed by atoms with E-state index in [1.54, 1.807) is 6.92 Å². The molecule has 1 aromatic heterocycles. The summed E-state index contributed by atoms with van der Waals surface area (Å²) < 4.78 is 19.9. The second kappa shape index (κ2) is 7.67. The van der Waals surface area contributed by atoms with E-state index in [1.165, 1.54) is 25.1 Å². The zero-order chi connectivity index (χ0) is 18.7. The average Bonchev–Trinajstić information content (AvgIpc) is 2.53. The van der Waals surface area contributed by atoms with E-state index in [2.05, 4.69) is 10.3 Å². The molecule has 0 saturated carbocycles. The molecule has 9 heteroatoms. The Bertz CT molecular complexity index is 859. The number of carboxylic acids is 1. The van der Waals surface area contributed by atoms with Crippen LogP contribution >= 0.6 is 23.2 Å². The minimum Gasteiger partial charge on any atom is -0.489 e. The van der Waals surface area contributed by atoms with Crippen molar-refractivity contribution in [2.75, 3.05) is 11.9 Å². The maximum Gasteiger partial charge on any atom is 0.356 e. The van der Waals surface area contributed by atoms with Crippen molar-refractivity contribution in [3.8, 4) is 17.0 Å². The van der Waals surface area contributed by atoms with E-state index in [0.717, 1.165) is 0 Å². The third-order valence-corrected chi connectivity index (χ3v) is 3.76. The number of anilines is 1. The molecule has 1 amide bonds. The molecule has 0 aliphatic rings. The van der Waals surface area contributed by atoms with Gasteiger partial charge in [0.1, 0.15) is 0 Å². The highest BCUT2D eigenvalue weighted by Crippen LogP contribution is 2.37. The molecule has 0 bridgehead atoms. The van der Waals surface area contributed by atoms with Gasteiger partial charge in [-0.2, -0.15) is 0 Å². The minimum absolute atomic E-state index is 0.00359. The lowest BCUT2D eigenvalue weighted by molar-refractivity contribution is -0.114. The standard InChI is InChI=1S/C16H13Cl2FN2O4/c1-3-25-15-9(17)5-4-8(13(15)19)10-6-11(20-7(2)22)12(18)14(21-10)16(23)24/h4-6H,3H2,1-2H3,(H,23,24)(H,20,21,22). The SMILES string of the molecule is CCOc1c(Cl)ccc(-c2cc(NC(C)=O)c(Cl)c(C(=O)O)n2)c1F. The van der Waals surface area contributed by atoms with Crippen LogP contribution in [0.5, 0.6) is 5.75 Å². The maximum absolute atomic E-state index is 14.7. The zero-order valence-electron chi connectivity index (χ0n) is 13.2. The van der Waals surface area contributed by atoms with Gasteiger partial charge in [-0.05, 0) is 25.1 Å². The number of nitrogens with one attached hydrogen (secondary N) is 1. The van der Waals surface area contributed by atoms with E-state index >= 15 is 0 Å². The first-order valence-electron chi connectivity index (χ1n) is 7.08. The smallest absolute Gasteiger partial charge is 0.356 e. The molecule has 0 fully saturated rings. The van der Waals surface area contributed by atoms with Crippen LogP contribution in [0.3, 0.4) is 0 Å². The van der Waals surface area contributed by atoms with Gasteiger partial charge in [0, 0.05) is 12.5 Å². The van der Waals surface area contributed by atoms with Gasteiger partial charge in [0.15, 0.2) is 17.3 Å². The topological polar surface area (TPSA) is 88.5 Å². The summed E-state index contributed by atoms with van der Waals surface area (Å²) >= 11 is 11.9. The number of halogens is 3. The first-order chi connectivity index (χ1) is 11.8. The van der Waals surface area contributed by atoms with Gasteiger partial charge in [-0.25, -0.2) is 14.2 Å². The van der Waals surface area contributed by atoms with Gasteiger partial charge in [-0.1, -0.05) is 23.2 Å². The van der Waals surface area contributed by atoms with Crippen LogP contribution in [0.15, 0.2) is 18.2 Å². The number of ether oxygens (including phenoxy) is 1. The first-order valence-corrected chi connectivity index (χ1v) is 7.84. The van der Waals surface area contributed by atoms with Gasteiger partial charge in [0.25, 0.3) is 0 Å². The van der Waals surface area contributed by atoms with E-state index in [-0.39, 0.29) is 39.3 Å². The van der Waals surface area contributed by atoms with Crippen molar-refractivity contribution >= 4 is 40.8 Å². The lowest BCUT2D eigenvalue weighted by atomic mass is 10.1. The Balaban J connectivity index is 2.70. The predicted molar refractivity (Wildman–Crippen MR) is 92.1 cm³/mol. The lowest BCUT2D eigenvalue weighted by Gasteiger charge is -2.13. The molecule has 0 radical (unpaired) electrons. The number of hydrogen-bond donors (Lipinski definition) is 2. The Hall–Kier alpha value is -2.38. The van der Waals surface area contributed by atoms with E-state index in [9.17, 15) is 19.1 Å². The number of amides is 1. The molecule has 0 spiro atoms. The Morgan fingerprint density at radius 3 is 2.60 bits per heavy atom. The summed E-state index contributed by atoms with van der Waals surface area (Å²) in [6, 6.07) is 4.01. The van der Waals surface area contributed by atoms with Crippen LogP contribution in [-0.4, -0.2) is 28.6 Å². The Kier molecular flexibility index (Phi) is 5.81. The Morgan fingerprint density at radius 2 is 2.04 bits per heavy atom. The van der Waals surface area contributed by atoms with Gasteiger partial charge < -0.3 is 15.2 Å². The predicted octanol–water partition coefficient (Wildman–Crippen LogP) is 4.25. The molecule has 25 heavy (non-hydrogen) atoms. The van der Waals surface area contributed by atoms with Crippen LogP contribution in [0.25, 0.3) is 11.3 Å². The fourth-order valence-corrected chi connectivity index (χ4v) is 2.52. The number of carboxylic acid groups (broad SMARTS) is 1. The summed E-state index contributed by atoms with van der Waals surface area (Å²) in [6.07, 6.45) is 0. The number of nitrogens with zero attached hydrogens (tertiary/aromatic N) is 1. The second-order valence-electron chi connectivity index (χ2n) is 4.88. The van der Waals surface area contributed by atoms with Crippen molar-refractivity contribution in [1.82, 2.24) is 4.98 Å². The van der Waals surface area contributed by atoms with E-state index in [1.807, 2.05) is 0 Å². The van der Waals surface area contributed by atoms with Gasteiger partial charge in [0.2, 0.25) is 5.91 Å². The zero-order valence-corrected chi connectivity index (χ0v) is 14.7. The molecule has 0 aliphatic heterocycles. The molecule has 0 aliphatic carbocycles. The number of aromatic nitrogens is 1. The van der Waals surface area contributed by atoms with Gasteiger partial charge >= 0.3 is 5.97 Å². The first kappa shape index (κ1) is 19.0. The molecular formula is C16H13Cl2FN2O4. The summed E-state index contributed by atoms with van der Waals surface area (Å²) in [5.41, 5.74) is -0.599. The van der Waals surface area contributed by atoms with Crippen LogP contribution in [0.2, 0.25) is 10.0 Å². The largest absolute Gasteiger partial charge is 0.489 e. The van der Waals surface area contributed by atoms with Crippen molar-refractivity contribution in [2.24, 2.45) is 0 Å². The summed E-state index contributed by atoms with van der Waals surface area (Å²) in [7, 11) is 0. The number of aromatic carboxylic acids is 1. The number of hydrogen-bond acceptors (Lipinski definition) is 4. The van der Waals surface area contributed by atoms with Crippen LogP contribution in [0.4, 0.5) is 10.1 Å². The quantitative estimate of drug-likeness (QED) is 0.801. The molecular weight excluding hydrogens is 374 g/mol. The maximum atomic E-state index is 14.7. The van der Waals surface area contributed by atoms with Crippen molar-refractivity contribution in [2.45, 2.75) is 13.8 Å². The monoisotopic (exact) mass is 386 g/mol. The Labute approximate surface area is 152 Å². The van der Waals surface area contributed by atoms with Gasteiger partial charge in [-0.15, -0.1) is 0 Å². The van der Waals surface area contributed by atoms with Crippen molar-refractivity contribution in [3.63, 3.8) is 0 Å². The highest BCUT2D eigenvalue weighted by atomic mass is 35.5. The van der Waals surface area contributed by atoms with Crippen LogP contribution < -0.4 is 10.1 Å². The fourth-order valence-electron chi connectivity index (χ4n) is 2.10. The summed E-state index contributed by atoms with van der Waals surface area (Å²) in [5.74, 6) is -2.86. The van der Waals surface area contributed by atoms with E-state index in [0.29, 0.717) is 0 Å². The molecule has 2 N–H and O–H groups in total. The lowest BCUT2D eigenvalue weighted by Crippen LogP contribution is -2.11. The number of carbonyl (C=O) groups is 2. The van der Waals surface area contributed by atoms with E-state index in [4.69, 9.17) is 27.9 Å². The van der Waals surface area contributed by atoms with Crippen LogP contribution in [0, 0.1) is 5.82 Å². The number of rotatable bonds is 5. The fraction of sp³-hybridized carbons (Fsp3) is 0.188. The normalized spacial score (nSPS) is 10.4. The molecule has 1 aromatic carbocycles. The number of benzene rings is 1. The average molecular weight is 387 g/mol. The van der Waals surface area contributed by atoms with Gasteiger partial charge in [0.05, 0.1) is 28.0 Å². The molecule has 0 unspecified atom stereocenters.